The van der Waals surface area contributed by atoms with Crippen LogP contribution >= 0.6 is 24.0 Å². The first kappa shape index (κ1) is 12.7. The molecule has 0 unspecified atom stereocenters. The molecule has 0 aliphatic rings. The van der Waals surface area contributed by atoms with Crippen LogP contribution in [0.15, 0.2) is 42.5 Å². The van der Waals surface area contributed by atoms with Crippen molar-refractivity contribution in [3.05, 3.63) is 47.5 Å². The summed E-state index contributed by atoms with van der Waals surface area (Å²) in [5, 5.41) is 10.4. The molecule has 4 heteroatoms. The number of aromatic hydroxyl groups is 1. The van der Waals surface area contributed by atoms with E-state index < -0.39 is 0 Å². The van der Waals surface area contributed by atoms with Crippen LogP contribution in [0.4, 0.5) is 5.69 Å². The van der Waals surface area contributed by atoms with Crippen LogP contribution in [-0.4, -0.2) is 5.11 Å². The Morgan fingerprint density at radius 3 is 2.44 bits per heavy atom. The van der Waals surface area contributed by atoms with Gasteiger partial charge in [-0.05, 0) is 29.8 Å². The Morgan fingerprint density at radius 2 is 1.81 bits per heavy atom. The molecule has 0 saturated carbocycles. The molecule has 16 heavy (non-hydrogen) atoms. The zero-order chi connectivity index (χ0) is 10.8. The molecule has 0 heterocycles. The highest BCUT2D eigenvalue weighted by atomic mass is 35.5. The van der Waals surface area contributed by atoms with E-state index in [0.717, 1.165) is 11.1 Å². The van der Waals surface area contributed by atoms with Crippen LogP contribution in [0.1, 0.15) is 0 Å². The van der Waals surface area contributed by atoms with Crippen molar-refractivity contribution in [3.63, 3.8) is 0 Å². The summed E-state index contributed by atoms with van der Waals surface area (Å²) in [6.07, 6.45) is 0. The Balaban J connectivity index is 0.00000128. The molecular weight excluding hydrogens is 245 g/mol. The van der Waals surface area contributed by atoms with E-state index in [1.165, 1.54) is 6.07 Å². The van der Waals surface area contributed by atoms with Crippen LogP contribution in [0.2, 0.25) is 5.02 Å². The van der Waals surface area contributed by atoms with E-state index in [4.69, 9.17) is 17.3 Å². The van der Waals surface area contributed by atoms with Crippen molar-refractivity contribution < 1.29 is 5.11 Å². The van der Waals surface area contributed by atoms with Crippen LogP contribution in [0, 0.1) is 0 Å². The van der Waals surface area contributed by atoms with Gasteiger partial charge >= 0.3 is 0 Å². The van der Waals surface area contributed by atoms with Crippen molar-refractivity contribution in [1.82, 2.24) is 0 Å². The van der Waals surface area contributed by atoms with Crippen molar-refractivity contribution in [2.45, 2.75) is 0 Å². The summed E-state index contributed by atoms with van der Waals surface area (Å²) in [4.78, 5) is 0. The van der Waals surface area contributed by atoms with Crippen LogP contribution in [0.5, 0.6) is 5.75 Å². The molecule has 2 aromatic carbocycles. The fourth-order valence-electron chi connectivity index (χ4n) is 1.45. The molecule has 0 radical (unpaired) electrons. The minimum atomic E-state index is 0. The standard InChI is InChI=1S/C12H10ClNO.ClH/c13-9-3-1-2-8(6-9)11-5-4-10(14)7-12(11)15;/h1-7,15H,14H2;1H. The average molecular weight is 256 g/mol. The van der Waals surface area contributed by atoms with Crippen LogP contribution in [-0.2, 0) is 0 Å². The third-order valence-corrected chi connectivity index (χ3v) is 2.39. The van der Waals surface area contributed by atoms with E-state index in [0.29, 0.717) is 10.7 Å². The first-order valence-electron chi connectivity index (χ1n) is 4.51. The summed E-state index contributed by atoms with van der Waals surface area (Å²) >= 11 is 5.87. The molecule has 2 aromatic rings. The largest absolute Gasteiger partial charge is 0.507 e. The van der Waals surface area contributed by atoms with Gasteiger partial charge in [0.05, 0.1) is 0 Å². The molecule has 0 bridgehead atoms. The van der Waals surface area contributed by atoms with Gasteiger partial charge in [0, 0.05) is 22.3 Å². The number of hydrogen-bond acceptors (Lipinski definition) is 2. The molecule has 2 rings (SSSR count). The van der Waals surface area contributed by atoms with Gasteiger partial charge in [0.25, 0.3) is 0 Å². The number of phenols is 1. The van der Waals surface area contributed by atoms with Gasteiger partial charge in [-0.25, -0.2) is 0 Å². The topological polar surface area (TPSA) is 46.2 Å². The fourth-order valence-corrected chi connectivity index (χ4v) is 1.64. The number of nitrogens with two attached hydrogens (primary N) is 1. The highest BCUT2D eigenvalue weighted by Crippen LogP contribution is 2.31. The monoisotopic (exact) mass is 255 g/mol. The first-order chi connectivity index (χ1) is 7.16. The van der Waals surface area contributed by atoms with Crippen molar-refractivity contribution in [3.8, 4) is 16.9 Å². The quantitative estimate of drug-likeness (QED) is 0.764. The molecule has 2 nitrogen and oxygen atoms in total. The number of phenolic OH excluding ortho intramolecular Hbond substituents is 1. The Hall–Kier alpha value is -1.38. The van der Waals surface area contributed by atoms with E-state index >= 15 is 0 Å². The minimum Gasteiger partial charge on any atom is -0.507 e. The van der Waals surface area contributed by atoms with Gasteiger partial charge in [0.1, 0.15) is 5.75 Å². The number of anilines is 1. The van der Waals surface area contributed by atoms with E-state index in [1.807, 2.05) is 12.1 Å². The van der Waals surface area contributed by atoms with Crippen molar-refractivity contribution in [2.24, 2.45) is 0 Å². The van der Waals surface area contributed by atoms with Gasteiger partial charge in [-0.15, -0.1) is 12.4 Å². The first-order valence-corrected chi connectivity index (χ1v) is 4.89. The molecular formula is C12H11Cl2NO. The summed E-state index contributed by atoms with van der Waals surface area (Å²) in [5.41, 5.74) is 7.69. The Bertz CT molecular complexity index is 500. The zero-order valence-corrected chi connectivity index (χ0v) is 9.92. The zero-order valence-electron chi connectivity index (χ0n) is 8.35. The molecule has 0 aliphatic heterocycles. The third-order valence-electron chi connectivity index (χ3n) is 2.16. The second-order valence-electron chi connectivity index (χ2n) is 3.29. The van der Waals surface area contributed by atoms with Crippen molar-refractivity contribution >= 4 is 29.7 Å². The average Bonchev–Trinajstić information content (AvgIpc) is 2.17. The smallest absolute Gasteiger partial charge is 0.125 e. The molecule has 0 spiro atoms. The predicted octanol–water partition coefficient (Wildman–Crippen LogP) is 3.72. The number of nitrogen functional groups attached to an aromatic ring is 1. The molecule has 0 saturated heterocycles. The van der Waals surface area contributed by atoms with E-state index in [2.05, 4.69) is 0 Å². The molecule has 0 aliphatic carbocycles. The number of benzene rings is 2. The summed E-state index contributed by atoms with van der Waals surface area (Å²) in [7, 11) is 0. The Morgan fingerprint density at radius 1 is 1.06 bits per heavy atom. The highest BCUT2D eigenvalue weighted by molar-refractivity contribution is 6.30. The fraction of sp³-hybridized carbons (Fsp3) is 0. The maximum atomic E-state index is 9.71. The Labute approximate surface area is 105 Å². The van der Waals surface area contributed by atoms with Gasteiger partial charge in [-0.2, -0.15) is 0 Å². The lowest BCUT2D eigenvalue weighted by molar-refractivity contribution is 0.477. The third kappa shape index (κ3) is 2.60. The summed E-state index contributed by atoms with van der Waals surface area (Å²) in [6.45, 7) is 0. The van der Waals surface area contributed by atoms with Crippen LogP contribution in [0.3, 0.4) is 0 Å². The maximum absolute atomic E-state index is 9.71. The lowest BCUT2D eigenvalue weighted by Crippen LogP contribution is -1.85. The van der Waals surface area contributed by atoms with Crippen molar-refractivity contribution in [1.29, 1.82) is 0 Å². The van der Waals surface area contributed by atoms with Crippen LogP contribution < -0.4 is 5.73 Å². The normalized spacial score (nSPS) is 9.56. The second-order valence-corrected chi connectivity index (χ2v) is 3.72. The van der Waals surface area contributed by atoms with Crippen molar-refractivity contribution in [2.75, 3.05) is 5.73 Å². The summed E-state index contributed by atoms with van der Waals surface area (Å²) < 4.78 is 0. The minimum absolute atomic E-state index is 0. The molecule has 84 valence electrons. The second kappa shape index (κ2) is 5.10. The lowest BCUT2D eigenvalue weighted by Gasteiger charge is -2.05. The van der Waals surface area contributed by atoms with Gasteiger partial charge in [-0.3, -0.25) is 0 Å². The highest BCUT2D eigenvalue weighted by Gasteiger charge is 2.04. The van der Waals surface area contributed by atoms with E-state index in [1.54, 1.807) is 24.3 Å². The van der Waals surface area contributed by atoms with E-state index in [9.17, 15) is 5.11 Å². The molecule has 0 fully saturated rings. The molecule has 0 atom stereocenters. The Kier molecular flexibility index (Phi) is 4.05. The number of rotatable bonds is 1. The number of halogens is 2. The number of hydrogen-bond donors (Lipinski definition) is 2. The van der Waals surface area contributed by atoms with Gasteiger partial charge in [0.15, 0.2) is 0 Å². The molecule has 0 aromatic heterocycles. The predicted molar refractivity (Wildman–Crippen MR) is 70.2 cm³/mol. The van der Waals surface area contributed by atoms with Gasteiger partial charge in [0.2, 0.25) is 0 Å². The van der Waals surface area contributed by atoms with E-state index in [-0.39, 0.29) is 18.2 Å². The van der Waals surface area contributed by atoms with Gasteiger partial charge in [-0.1, -0.05) is 23.7 Å². The lowest BCUT2D eigenvalue weighted by atomic mass is 10.0. The molecule has 3 N–H and O–H groups in total. The summed E-state index contributed by atoms with van der Waals surface area (Å²) in [6, 6.07) is 12.4. The maximum Gasteiger partial charge on any atom is 0.125 e. The van der Waals surface area contributed by atoms with Crippen LogP contribution in [0.25, 0.3) is 11.1 Å². The molecule has 0 amide bonds. The summed E-state index contributed by atoms with van der Waals surface area (Å²) in [5.74, 6) is 0.164. The van der Waals surface area contributed by atoms with Gasteiger partial charge < -0.3 is 10.8 Å². The SMILES string of the molecule is Cl.Nc1ccc(-c2cccc(Cl)c2)c(O)c1.